The molecule has 17 heavy (non-hydrogen) atoms. The molecule has 1 aromatic rings. The highest BCUT2D eigenvalue weighted by Gasteiger charge is 2.16. The number of sulfonamides is 1. The Morgan fingerprint density at radius 1 is 1.35 bits per heavy atom. The Hall–Kier alpha value is -0.240. The minimum absolute atomic E-state index is 0.185. The molecule has 1 unspecified atom stereocenters. The second kappa shape index (κ2) is 6.63. The Balaban J connectivity index is 2.70. The van der Waals surface area contributed by atoms with Crippen molar-refractivity contribution in [3.8, 4) is 0 Å². The van der Waals surface area contributed by atoms with Gasteiger partial charge >= 0.3 is 0 Å². The molecule has 0 bridgehead atoms. The molecule has 0 heterocycles. The SMILES string of the molecule is CCS(=O)CCNS(=O)(=O)c1ccccc1Br. The van der Waals surface area contributed by atoms with Crippen LogP contribution in [0.15, 0.2) is 33.6 Å². The van der Waals surface area contributed by atoms with E-state index in [1.54, 1.807) is 25.1 Å². The Bertz CT molecular complexity index is 502. The van der Waals surface area contributed by atoms with Gasteiger partial charge in [0.1, 0.15) is 0 Å². The van der Waals surface area contributed by atoms with Gasteiger partial charge in [0, 0.05) is 33.3 Å². The molecular weight excluding hydrogens is 326 g/mol. The van der Waals surface area contributed by atoms with E-state index in [1.807, 2.05) is 0 Å². The van der Waals surface area contributed by atoms with Crippen molar-refractivity contribution in [3.05, 3.63) is 28.7 Å². The van der Waals surface area contributed by atoms with Crippen LogP contribution in [-0.4, -0.2) is 30.7 Å². The lowest BCUT2D eigenvalue weighted by atomic mass is 10.4. The highest BCUT2D eigenvalue weighted by Crippen LogP contribution is 2.20. The summed E-state index contributed by atoms with van der Waals surface area (Å²) in [7, 11) is -4.49. The molecular formula is C10H14BrNO3S2. The molecule has 1 atom stereocenters. The van der Waals surface area contributed by atoms with Crippen molar-refractivity contribution in [1.82, 2.24) is 4.72 Å². The Labute approximate surface area is 112 Å². The zero-order chi connectivity index (χ0) is 12.9. The molecule has 0 aromatic heterocycles. The topological polar surface area (TPSA) is 63.2 Å². The van der Waals surface area contributed by atoms with E-state index in [-0.39, 0.29) is 11.4 Å². The number of hydrogen-bond donors (Lipinski definition) is 1. The molecule has 0 fully saturated rings. The number of hydrogen-bond acceptors (Lipinski definition) is 3. The van der Waals surface area contributed by atoms with Crippen molar-refractivity contribution in [1.29, 1.82) is 0 Å². The van der Waals surface area contributed by atoms with Gasteiger partial charge in [0.15, 0.2) is 0 Å². The molecule has 0 saturated carbocycles. The number of benzene rings is 1. The Morgan fingerprint density at radius 2 is 2.00 bits per heavy atom. The summed E-state index contributed by atoms with van der Waals surface area (Å²) in [4.78, 5) is 0.197. The third-order valence-electron chi connectivity index (χ3n) is 2.07. The van der Waals surface area contributed by atoms with Crippen LogP contribution in [0.2, 0.25) is 0 Å². The Kier molecular flexibility index (Phi) is 5.78. The summed E-state index contributed by atoms with van der Waals surface area (Å²) in [6.45, 7) is 1.99. The molecule has 1 N–H and O–H groups in total. The number of halogens is 1. The van der Waals surface area contributed by atoms with E-state index >= 15 is 0 Å². The van der Waals surface area contributed by atoms with Crippen LogP contribution in [0.25, 0.3) is 0 Å². The maximum Gasteiger partial charge on any atom is 0.241 e. The van der Waals surface area contributed by atoms with Crippen molar-refractivity contribution in [2.75, 3.05) is 18.1 Å². The average Bonchev–Trinajstić information content (AvgIpc) is 2.28. The summed E-state index contributed by atoms with van der Waals surface area (Å²) in [5.41, 5.74) is 0. The van der Waals surface area contributed by atoms with E-state index in [0.717, 1.165) is 0 Å². The monoisotopic (exact) mass is 339 g/mol. The zero-order valence-corrected chi connectivity index (χ0v) is 12.6. The van der Waals surface area contributed by atoms with E-state index in [2.05, 4.69) is 20.7 Å². The molecule has 0 aliphatic heterocycles. The molecule has 0 spiro atoms. The second-order valence-corrected chi connectivity index (χ2v) is 7.72. The van der Waals surface area contributed by atoms with Crippen LogP contribution in [0.5, 0.6) is 0 Å². The minimum atomic E-state index is -3.53. The number of nitrogens with one attached hydrogen (secondary N) is 1. The third-order valence-corrected chi connectivity index (χ3v) is 5.85. The van der Waals surface area contributed by atoms with Crippen molar-refractivity contribution < 1.29 is 12.6 Å². The lowest BCUT2D eigenvalue weighted by Crippen LogP contribution is -2.28. The number of rotatable bonds is 6. The van der Waals surface area contributed by atoms with E-state index in [9.17, 15) is 12.6 Å². The predicted octanol–water partition coefficient (Wildman–Crippen LogP) is 1.50. The van der Waals surface area contributed by atoms with Crippen LogP contribution < -0.4 is 4.72 Å². The Morgan fingerprint density at radius 3 is 2.59 bits per heavy atom. The molecule has 96 valence electrons. The highest BCUT2D eigenvalue weighted by atomic mass is 79.9. The van der Waals surface area contributed by atoms with Crippen LogP contribution >= 0.6 is 15.9 Å². The van der Waals surface area contributed by atoms with Crippen LogP contribution in [0.4, 0.5) is 0 Å². The maximum atomic E-state index is 11.9. The molecule has 0 aliphatic carbocycles. The van der Waals surface area contributed by atoms with Gasteiger partial charge in [-0.25, -0.2) is 13.1 Å². The van der Waals surface area contributed by atoms with Gasteiger partial charge < -0.3 is 0 Å². The van der Waals surface area contributed by atoms with E-state index < -0.39 is 20.8 Å². The molecule has 0 amide bonds. The molecule has 0 saturated heterocycles. The molecule has 7 heteroatoms. The molecule has 0 aliphatic rings. The second-order valence-electron chi connectivity index (χ2n) is 3.26. The summed E-state index contributed by atoms with van der Waals surface area (Å²) in [6, 6.07) is 6.58. The first-order chi connectivity index (χ1) is 7.97. The lowest BCUT2D eigenvalue weighted by molar-refractivity contribution is 0.583. The van der Waals surface area contributed by atoms with Crippen LogP contribution in [0.3, 0.4) is 0 Å². The van der Waals surface area contributed by atoms with Gasteiger partial charge in [0.25, 0.3) is 0 Å². The van der Waals surface area contributed by atoms with Gasteiger partial charge in [-0.05, 0) is 28.1 Å². The fourth-order valence-electron chi connectivity index (χ4n) is 1.17. The quantitative estimate of drug-likeness (QED) is 0.854. The van der Waals surface area contributed by atoms with Crippen molar-refractivity contribution >= 4 is 36.8 Å². The average molecular weight is 340 g/mol. The largest absolute Gasteiger partial charge is 0.260 e. The lowest BCUT2D eigenvalue weighted by Gasteiger charge is -2.07. The van der Waals surface area contributed by atoms with Crippen LogP contribution in [0, 0.1) is 0 Å². The van der Waals surface area contributed by atoms with Crippen molar-refractivity contribution in [3.63, 3.8) is 0 Å². The van der Waals surface area contributed by atoms with Gasteiger partial charge in [0.05, 0.1) is 4.90 Å². The summed E-state index contributed by atoms with van der Waals surface area (Å²) in [6.07, 6.45) is 0. The fourth-order valence-corrected chi connectivity index (χ4v) is 3.96. The fraction of sp³-hybridized carbons (Fsp3) is 0.400. The first-order valence-corrected chi connectivity index (χ1v) is 8.83. The van der Waals surface area contributed by atoms with Crippen molar-refractivity contribution in [2.45, 2.75) is 11.8 Å². The normalized spacial score (nSPS) is 13.5. The van der Waals surface area contributed by atoms with E-state index in [0.29, 0.717) is 16.0 Å². The predicted molar refractivity (Wildman–Crippen MR) is 72.9 cm³/mol. The van der Waals surface area contributed by atoms with Crippen LogP contribution in [-0.2, 0) is 20.8 Å². The minimum Gasteiger partial charge on any atom is -0.260 e. The van der Waals surface area contributed by atoms with Gasteiger partial charge in [-0.2, -0.15) is 0 Å². The zero-order valence-electron chi connectivity index (χ0n) is 9.35. The van der Waals surface area contributed by atoms with Crippen LogP contribution in [0.1, 0.15) is 6.92 Å². The standard InChI is InChI=1S/C10H14BrNO3S2/c1-2-16(13)8-7-12-17(14,15)10-6-4-3-5-9(10)11/h3-6,12H,2,7-8H2,1H3. The van der Waals surface area contributed by atoms with Crippen molar-refractivity contribution in [2.24, 2.45) is 0 Å². The maximum absolute atomic E-state index is 11.9. The highest BCUT2D eigenvalue weighted by molar-refractivity contribution is 9.10. The molecule has 4 nitrogen and oxygen atoms in total. The molecule has 0 radical (unpaired) electrons. The van der Waals surface area contributed by atoms with E-state index in [1.165, 1.54) is 6.07 Å². The first-order valence-electron chi connectivity index (χ1n) is 5.06. The summed E-state index contributed by atoms with van der Waals surface area (Å²) in [5, 5.41) is 0. The molecule has 1 rings (SSSR count). The van der Waals surface area contributed by atoms with E-state index in [4.69, 9.17) is 0 Å². The van der Waals surface area contributed by atoms with Gasteiger partial charge in [-0.15, -0.1) is 0 Å². The first kappa shape index (κ1) is 14.8. The molecule has 1 aromatic carbocycles. The van der Waals surface area contributed by atoms with Gasteiger partial charge in [-0.3, -0.25) is 4.21 Å². The smallest absolute Gasteiger partial charge is 0.241 e. The summed E-state index contributed by atoms with van der Waals surface area (Å²) in [5.74, 6) is 0.872. The van der Waals surface area contributed by atoms with Gasteiger partial charge in [0.2, 0.25) is 10.0 Å². The summed E-state index contributed by atoms with van der Waals surface area (Å²) >= 11 is 3.19. The third kappa shape index (κ3) is 4.50. The summed E-state index contributed by atoms with van der Waals surface area (Å²) < 4.78 is 37.9. The van der Waals surface area contributed by atoms with Gasteiger partial charge in [-0.1, -0.05) is 19.1 Å².